The maximum absolute atomic E-state index is 13.3. The molecule has 3 aromatic rings. The van der Waals surface area contributed by atoms with Gasteiger partial charge in [0.1, 0.15) is 10.6 Å². The van der Waals surface area contributed by atoms with E-state index in [0.717, 1.165) is 5.69 Å². The Kier molecular flexibility index (Phi) is 6.92. The number of sulfonamides is 1. The lowest BCUT2D eigenvalue weighted by atomic mass is 10.3. The Balaban J connectivity index is 0.00000243. The van der Waals surface area contributed by atoms with Crippen molar-refractivity contribution in [2.24, 2.45) is 0 Å². The Labute approximate surface area is 168 Å². The van der Waals surface area contributed by atoms with E-state index >= 15 is 0 Å². The number of para-hydroxylation sites is 1. The van der Waals surface area contributed by atoms with Crippen molar-refractivity contribution >= 4 is 44.6 Å². The quantitative estimate of drug-likeness (QED) is 0.374. The maximum atomic E-state index is 13.3. The van der Waals surface area contributed by atoms with Gasteiger partial charge in [0.25, 0.3) is 0 Å². The fraction of sp³-hybridized carbons (Fsp3) is 0. The van der Waals surface area contributed by atoms with E-state index in [1.807, 2.05) is 36.4 Å². The van der Waals surface area contributed by atoms with Crippen LogP contribution in [0.15, 0.2) is 83.8 Å². The normalized spacial score (nSPS) is 10.8. The zero-order chi connectivity index (χ0) is 17.9. The van der Waals surface area contributed by atoms with E-state index in [2.05, 4.69) is 0 Å². The van der Waals surface area contributed by atoms with Crippen molar-refractivity contribution in [1.82, 2.24) is 0 Å². The van der Waals surface area contributed by atoms with Crippen LogP contribution in [0.5, 0.6) is 0 Å². The number of hydrogen-bond acceptors (Lipinski definition) is 2. The van der Waals surface area contributed by atoms with Crippen LogP contribution >= 0.6 is 23.2 Å². The lowest BCUT2D eigenvalue weighted by molar-refractivity contribution is -0.566. The summed E-state index contributed by atoms with van der Waals surface area (Å²) in [5.41, 5.74) is 2.80. The number of rotatable bonds is 5. The van der Waals surface area contributed by atoms with Crippen LogP contribution in [0, 0.1) is 0 Å². The first-order valence-corrected chi connectivity index (χ1v) is 9.62. The molecule has 0 aliphatic carbocycles. The third kappa shape index (κ3) is 4.50. The van der Waals surface area contributed by atoms with Gasteiger partial charge in [0.15, 0.2) is 5.69 Å². The van der Waals surface area contributed by atoms with Crippen molar-refractivity contribution in [3.63, 3.8) is 0 Å². The molecule has 3 rings (SSSR count). The number of anilines is 1. The molecular formula is C18H15Cl3N2O2S. The molecule has 3 aromatic carbocycles. The molecule has 0 saturated carbocycles. The van der Waals surface area contributed by atoms with Gasteiger partial charge in [0.2, 0.25) is 0 Å². The molecule has 8 heteroatoms. The molecule has 4 nitrogen and oxygen atoms in total. The molecule has 136 valence electrons. The first-order valence-electron chi connectivity index (χ1n) is 7.43. The first kappa shape index (κ1) is 20.6. The highest BCUT2D eigenvalue weighted by Crippen LogP contribution is 2.28. The molecule has 0 aliphatic rings. The summed E-state index contributed by atoms with van der Waals surface area (Å²) in [5, 5.41) is 0.419. The lowest BCUT2D eigenvalue weighted by Crippen LogP contribution is -3.00. The highest BCUT2D eigenvalue weighted by atomic mass is 35.5. The Morgan fingerprint density at radius 3 is 2.00 bits per heavy atom. The van der Waals surface area contributed by atoms with Crippen LogP contribution in [0.1, 0.15) is 0 Å². The van der Waals surface area contributed by atoms with Gasteiger partial charge in [-0.2, -0.15) is 13.8 Å². The van der Waals surface area contributed by atoms with Gasteiger partial charge < -0.3 is 12.4 Å². The molecule has 0 radical (unpaired) electrons. The minimum absolute atomic E-state index is 0. The number of benzene rings is 3. The number of hydrogen-bond donors (Lipinski definition) is 1. The molecule has 0 aromatic heterocycles. The largest absolute Gasteiger partial charge is 1.00 e. The van der Waals surface area contributed by atoms with Gasteiger partial charge in [-0.25, -0.2) is 0 Å². The highest BCUT2D eigenvalue weighted by Gasteiger charge is 2.31. The van der Waals surface area contributed by atoms with E-state index in [4.69, 9.17) is 23.2 Å². The second kappa shape index (κ2) is 8.75. The van der Waals surface area contributed by atoms with E-state index in [9.17, 15) is 8.42 Å². The Morgan fingerprint density at radius 2 is 1.38 bits per heavy atom. The van der Waals surface area contributed by atoms with Crippen LogP contribution in [-0.4, -0.2) is 8.42 Å². The minimum atomic E-state index is -3.94. The van der Waals surface area contributed by atoms with E-state index in [1.165, 1.54) is 16.5 Å². The average molecular weight is 430 g/mol. The summed E-state index contributed by atoms with van der Waals surface area (Å²) in [6, 6.07) is 22.4. The van der Waals surface area contributed by atoms with Crippen molar-refractivity contribution in [2.45, 2.75) is 4.90 Å². The Morgan fingerprint density at radius 1 is 0.808 bits per heavy atom. The standard InChI is InChI=1S/C18H14Cl2N2O2S.ClH/c19-14-11-12-17(20)18(13-14)25(23,24)22(16-9-5-2-6-10-16)21-15-7-3-1-4-8-15;/h1-13,21H;1H. The van der Waals surface area contributed by atoms with Crippen LogP contribution in [0.4, 0.5) is 11.4 Å². The van der Waals surface area contributed by atoms with Crippen LogP contribution in [0.25, 0.3) is 0 Å². The zero-order valence-corrected chi connectivity index (χ0v) is 16.5. The number of nitrogens with zero attached hydrogens (tertiary/aromatic N) is 1. The molecule has 0 atom stereocenters. The van der Waals surface area contributed by atoms with E-state index in [1.54, 1.807) is 35.8 Å². The molecule has 0 aliphatic heterocycles. The van der Waals surface area contributed by atoms with Crippen LogP contribution in [0.2, 0.25) is 10.0 Å². The van der Waals surface area contributed by atoms with Gasteiger partial charge in [-0.05, 0) is 30.3 Å². The molecule has 0 bridgehead atoms. The van der Waals surface area contributed by atoms with Gasteiger partial charge >= 0.3 is 10.0 Å². The molecule has 0 fully saturated rings. The fourth-order valence-electron chi connectivity index (χ4n) is 2.31. The van der Waals surface area contributed by atoms with Crippen LogP contribution in [-0.2, 0) is 10.0 Å². The van der Waals surface area contributed by atoms with E-state index in [-0.39, 0.29) is 22.3 Å². The van der Waals surface area contributed by atoms with Gasteiger partial charge in [0, 0.05) is 17.2 Å². The van der Waals surface area contributed by atoms with Gasteiger partial charge in [0.05, 0.1) is 5.02 Å². The number of quaternary nitrogens is 1. The summed E-state index contributed by atoms with van der Waals surface area (Å²) in [5.74, 6) is 0. The summed E-state index contributed by atoms with van der Waals surface area (Å²) in [6.45, 7) is 0. The highest BCUT2D eigenvalue weighted by molar-refractivity contribution is 7.92. The molecule has 0 spiro atoms. The molecule has 26 heavy (non-hydrogen) atoms. The molecular weight excluding hydrogens is 415 g/mol. The monoisotopic (exact) mass is 428 g/mol. The molecule has 2 N–H and O–H groups in total. The predicted molar refractivity (Wildman–Crippen MR) is 101 cm³/mol. The summed E-state index contributed by atoms with van der Waals surface area (Å²) >= 11 is 12.1. The van der Waals surface area contributed by atoms with E-state index in [0.29, 0.717) is 10.7 Å². The van der Waals surface area contributed by atoms with Crippen molar-refractivity contribution in [2.75, 3.05) is 4.41 Å². The smallest absolute Gasteiger partial charge is 0.306 e. The van der Waals surface area contributed by atoms with Crippen LogP contribution in [0.3, 0.4) is 0 Å². The van der Waals surface area contributed by atoms with Gasteiger partial charge in [-0.3, -0.25) is 0 Å². The fourth-order valence-corrected chi connectivity index (χ4v) is 4.42. The summed E-state index contributed by atoms with van der Waals surface area (Å²) in [4.78, 5) is -0.0438. The molecule has 0 amide bonds. The molecule has 0 unspecified atom stereocenters. The minimum Gasteiger partial charge on any atom is -1.00 e. The third-order valence-corrected chi connectivity index (χ3v) is 5.91. The van der Waals surface area contributed by atoms with Crippen molar-refractivity contribution in [1.29, 1.82) is 0 Å². The van der Waals surface area contributed by atoms with Crippen molar-refractivity contribution in [3.8, 4) is 0 Å². The van der Waals surface area contributed by atoms with E-state index < -0.39 is 10.0 Å². The van der Waals surface area contributed by atoms with Gasteiger partial charge in [-0.1, -0.05) is 59.6 Å². The van der Waals surface area contributed by atoms with Gasteiger partial charge in [-0.15, -0.1) is 4.41 Å². The third-order valence-electron chi connectivity index (χ3n) is 3.51. The SMILES string of the molecule is O=S(=O)(c1cc(Cl)ccc1Cl)N([NH2+]c1ccccc1)c1ccccc1.[Cl-]. The summed E-state index contributed by atoms with van der Waals surface area (Å²) in [6.07, 6.45) is 0. The average Bonchev–Trinajstić information content (AvgIpc) is 2.63. The summed E-state index contributed by atoms with van der Waals surface area (Å²) < 4.78 is 27.7. The number of halogens is 3. The maximum Gasteiger partial charge on any atom is 0.306 e. The first-order chi connectivity index (χ1) is 12.0. The molecule has 0 heterocycles. The Bertz CT molecular complexity index is 968. The second-order valence-corrected chi connectivity index (χ2v) is 7.88. The zero-order valence-electron chi connectivity index (χ0n) is 13.4. The van der Waals surface area contributed by atoms with Crippen molar-refractivity contribution in [3.05, 3.63) is 88.9 Å². The second-order valence-electron chi connectivity index (χ2n) is 5.25. The summed E-state index contributed by atoms with van der Waals surface area (Å²) in [7, 11) is -3.94. The Hall–Kier alpha value is -1.76. The van der Waals surface area contributed by atoms with Crippen molar-refractivity contribution < 1.29 is 26.3 Å². The lowest BCUT2D eigenvalue weighted by Gasteiger charge is -2.21. The molecule has 0 saturated heterocycles. The topological polar surface area (TPSA) is 54.0 Å². The van der Waals surface area contributed by atoms with Crippen LogP contribution < -0.4 is 22.2 Å². The predicted octanol–water partition coefficient (Wildman–Crippen LogP) is 1.00. The number of nitrogens with two attached hydrogens (primary N) is 1.